The molecule has 0 aromatic carbocycles. The molecule has 1 fully saturated rings. The number of thiophene rings is 1. The highest BCUT2D eigenvalue weighted by molar-refractivity contribution is 9.11. The van der Waals surface area contributed by atoms with E-state index in [1.807, 2.05) is 11.3 Å². The monoisotopic (exact) mass is 274 g/mol. The highest BCUT2D eigenvalue weighted by Gasteiger charge is 2.18. The summed E-state index contributed by atoms with van der Waals surface area (Å²) in [5.41, 5.74) is 0. The van der Waals surface area contributed by atoms with E-state index >= 15 is 0 Å². The fourth-order valence-corrected chi connectivity index (χ4v) is 3.23. The Labute approximate surface area is 97.4 Å². The first-order valence-corrected chi connectivity index (χ1v) is 6.51. The van der Waals surface area contributed by atoms with Crippen LogP contribution in [0.3, 0.4) is 0 Å². The van der Waals surface area contributed by atoms with E-state index in [1.165, 1.54) is 28.2 Å². The van der Waals surface area contributed by atoms with Gasteiger partial charge in [0, 0.05) is 24.0 Å². The molecule has 1 aromatic rings. The first-order valence-electron chi connectivity index (χ1n) is 4.90. The number of rotatable bonds is 3. The van der Waals surface area contributed by atoms with Crippen molar-refractivity contribution in [3.8, 4) is 0 Å². The van der Waals surface area contributed by atoms with Gasteiger partial charge >= 0.3 is 0 Å². The number of hydrogen-bond donors (Lipinski definition) is 1. The van der Waals surface area contributed by atoms with Crippen LogP contribution in [0, 0.1) is 0 Å². The normalized spacial score (nSPS) is 23.1. The number of hydrogen-bond acceptors (Lipinski definition) is 3. The van der Waals surface area contributed by atoms with Crippen molar-refractivity contribution in [2.45, 2.75) is 19.0 Å². The molecule has 0 saturated carbocycles. The van der Waals surface area contributed by atoms with Gasteiger partial charge in [-0.15, -0.1) is 11.3 Å². The van der Waals surface area contributed by atoms with Gasteiger partial charge in [0.1, 0.15) is 0 Å². The zero-order valence-corrected chi connectivity index (χ0v) is 10.7. The standard InChI is InChI=1S/C10H15BrN2S/c1-13-5-4-8(7-13)12-6-9-2-3-10(11)14-9/h2-3,8,12H,4-7H2,1H3/t8-/m1/s1. The fraction of sp³-hybridized carbons (Fsp3) is 0.600. The van der Waals surface area contributed by atoms with E-state index in [1.54, 1.807) is 0 Å². The van der Waals surface area contributed by atoms with Crippen LogP contribution in [-0.4, -0.2) is 31.1 Å². The Balaban J connectivity index is 1.77. The first kappa shape index (κ1) is 10.6. The maximum Gasteiger partial charge on any atom is 0.0701 e. The Kier molecular flexibility index (Phi) is 3.60. The number of likely N-dealkylation sites (N-methyl/N-ethyl adjacent to an activating group) is 1. The minimum atomic E-state index is 0.681. The molecule has 2 heterocycles. The molecule has 0 amide bonds. The number of likely N-dealkylation sites (tertiary alicyclic amines) is 1. The molecule has 14 heavy (non-hydrogen) atoms. The molecule has 0 unspecified atom stereocenters. The average molecular weight is 275 g/mol. The minimum absolute atomic E-state index is 0.681. The van der Waals surface area contributed by atoms with Crippen LogP contribution in [0.15, 0.2) is 15.9 Å². The minimum Gasteiger partial charge on any atom is -0.308 e. The van der Waals surface area contributed by atoms with Crippen molar-refractivity contribution in [1.82, 2.24) is 10.2 Å². The molecule has 1 aliphatic rings. The van der Waals surface area contributed by atoms with Gasteiger partial charge in [0.25, 0.3) is 0 Å². The Bertz CT molecular complexity index is 300. The molecule has 1 aromatic heterocycles. The summed E-state index contributed by atoms with van der Waals surface area (Å²) < 4.78 is 1.22. The van der Waals surface area contributed by atoms with Crippen LogP contribution >= 0.6 is 27.3 Å². The van der Waals surface area contributed by atoms with Crippen molar-refractivity contribution >= 4 is 27.3 Å². The lowest BCUT2D eigenvalue weighted by Gasteiger charge is -2.11. The maximum atomic E-state index is 3.59. The van der Waals surface area contributed by atoms with Crippen molar-refractivity contribution in [2.75, 3.05) is 20.1 Å². The summed E-state index contributed by atoms with van der Waals surface area (Å²) in [6.07, 6.45) is 1.28. The lowest BCUT2D eigenvalue weighted by Crippen LogP contribution is -2.30. The molecule has 1 aliphatic heterocycles. The second-order valence-electron chi connectivity index (χ2n) is 3.83. The lowest BCUT2D eigenvalue weighted by atomic mass is 10.2. The second-order valence-corrected chi connectivity index (χ2v) is 6.38. The predicted molar refractivity (Wildman–Crippen MR) is 64.8 cm³/mol. The third kappa shape index (κ3) is 2.79. The Morgan fingerprint density at radius 3 is 3.07 bits per heavy atom. The van der Waals surface area contributed by atoms with Crippen LogP contribution < -0.4 is 5.32 Å². The molecular weight excluding hydrogens is 260 g/mol. The molecule has 2 nitrogen and oxygen atoms in total. The molecule has 1 atom stereocenters. The van der Waals surface area contributed by atoms with E-state index in [0.717, 1.165) is 6.54 Å². The summed E-state index contributed by atoms with van der Waals surface area (Å²) in [6.45, 7) is 3.42. The molecule has 0 bridgehead atoms. The summed E-state index contributed by atoms with van der Waals surface area (Å²) in [6, 6.07) is 4.98. The highest BCUT2D eigenvalue weighted by atomic mass is 79.9. The summed E-state index contributed by atoms with van der Waals surface area (Å²) in [5.74, 6) is 0. The van der Waals surface area contributed by atoms with Gasteiger partial charge in [-0.05, 0) is 48.1 Å². The summed E-state index contributed by atoms with van der Waals surface area (Å²) in [5, 5.41) is 3.59. The quantitative estimate of drug-likeness (QED) is 0.910. The third-order valence-corrected chi connectivity index (χ3v) is 4.21. The molecule has 1 saturated heterocycles. The maximum absolute atomic E-state index is 3.59. The molecule has 2 rings (SSSR count). The van der Waals surface area contributed by atoms with E-state index in [2.05, 4.69) is 45.3 Å². The van der Waals surface area contributed by atoms with Crippen molar-refractivity contribution in [3.05, 3.63) is 20.8 Å². The SMILES string of the molecule is CN1CC[C@@H](NCc2ccc(Br)s2)C1. The Morgan fingerprint density at radius 1 is 1.64 bits per heavy atom. The number of nitrogens with one attached hydrogen (secondary N) is 1. The highest BCUT2D eigenvalue weighted by Crippen LogP contribution is 2.22. The third-order valence-electron chi connectivity index (χ3n) is 2.59. The summed E-state index contributed by atoms with van der Waals surface area (Å²) in [4.78, 5) is 3.79. The van der Waals surface area contributed by atoms with E-state index in [9.17, 15) is 0 Å². The average Bonchev–Trinajstić information content (AvgIpc) is 2.72. The molecule has 4 heteroatoms. The van der Waals surface area contributed by atoms with E-state index in [0.29, 0.717) is 6.04 Å². The van der Waals surface area contributed by atoms with Gasteiger partial charge in [0.2, 0.25) is 0 Å². The van der Waals surface area contributed by atoms with Gasteiger partial charge in [0.05, 0.1) is 3.79 Å². The summed E-state index contributed by atoms with van der Waals surface area (Å²) >= 11 is 5.29. The largest absolute Gasteiger partial charge is 0.308 e. The summed E-state index contributed by atoms with van der Waals surface area (Å²) in [7, 11) is 2.18. The Morgan fingerprint density at radius 2 is 2.50 bits per heavy atom. The van der Waals surface area contributed by atoms with Gasteiger partial charge in [-0.2, -0.15) is 0 Å². The molecule has 0 radical (unpaired) electrons. The molecular formula is C10H15BrN2S. The zero-order chi connectivity index (χ0) is 9.97. The molecule has 0 spiro atoms. The van der Waals surface area contributed by atoms with E-state index in [-0.39, 0.29) is 0 Å². The number of halogens is 1. The van der Waals surface area contributed by atoms with Crippen LogP contribution in [0.5, 0.6) is 0 Å². The van der Waals surface area contributed by atoms with Gasteiger partial charge in [-0.1, -0.05) is 0 Å². The van der Waals surface area contributed by atoms with Crippen LogP contribution in [-0.2, 0) is 6.54 Å². The van der Waals surface area contributed by atoms with Gasteiger partial charge < -0.3 is 10.2 Å². The Hall–Kier alpha value is 0.1000. The zero-order valence-electron chi connectivity index (χ0n) is 8.29. The van der Waals surface area contributed by atoms with Crippen LogP contribution in [0.2, 0.25) is 0 Å². The van der Waals surface area contributed by atoms with Crippen molar-refractivity contribution < 1.29 is 0 Å². The van der Waals surface area contributed by atoms with Gasteiger partial charge in [-0.25, -0.2) is 0 Å². The van der Waals surface area contributed by atoms with Crippen LogP contribution in [0.4, 0.5) is 0 Å². The molecule has 0 aliphatic carbocycles. The van der Waals surface area contributed by atoms with Crippen molar-refractivity contribution in [1.29, 1.82) is 0 Å². The van der Waals surface area contributed by atoms with Gasteiger partial charge in [0.15, 0.2) is 0 Å². The fourth-order valence-electron chi connectivity index (χ4n) is 1.79. The topological polar surface area (TPSA) is 15.3 Å². The van der Waals surface area contributed by atoms with Gasteiger partial charge in [-0.3, -0.25) is 0 Å². The lowest BCUT2D eigenvalue weighted by molar-refractivity contribution is 0.398. The van der Waals surface area contributed by atoms with Crippen molar-refractivity contribution in [3.63, 3.8) is 0 Å². The second kappa shape index (κ2) is 4.75. The molecule has 78 valence electrons. The first-order chi connectivity index (χ1) is 6.74. The smallest absolute Gasteiger partial charge is 0.0701 e. The van der Waals surface area contributed by atoms with Crippen LogP contribution in [0.25, 0.3) is 0 Å². The van der Waals surface area contributed by atoms with E-state index < -0.39 is 0 Å². The van der Waals surface area contributed by atoms with Crippen molar-refractivity contribution in [2.24, 2.45) is 0 Å². The predicted octanol–water partition coefficient (Wildman–Crippen LogP) is 2.30. The molecule has 1 N–H and O–H groups in total. The number of nitrogens with zero attached hydrogens (tertiary/aromatic N) is 1. The van der Waals surface area contributed by atoms with Crippen LogP contribution in [0.1, 0.15) is 11.3 Å². The van der Waals surface area contributed by atoms with E-state index in [4.69, 9.17) is 0 Å².